The largest absolute Gasteiger partial charge is 0.495 e. The minimum absolute atomic E-state index is 0.345. The molecule has 3 N–H and O–H groups in total. The van der Waals surface area contributed by atoms with Crippen molar-refractivity contribution in [2.45, 2.75) is 24.9 Å². The summed E-state index contributed by atoms with van der Waals surface area (Å²) < 4.78 is 24.5. The van der Waals surface area contributed by atoms with Crippen LogP contribution in [0.2, 0.25) is 0 Å². The van der Waals surface area contributed by atoms with Gasteiger partial charge in [0.1, 0.15) is 29.0 Å². The van der Waals surface area contributed by atoms with Gasteiger partial charge in [-0.2, -0.15) is 0 Å². The Hall–Kier alpha value is -4.24. The predicted octanol–water partition coefficient (Wildman–Crippen LogP) is 4.16. The van der Waals surface area contributed by atoms with Gasteiger partial charge in [0.15, 0.2) is 0 Å². The molecule has 0 bridgehead atoms. The number of amides is 2. The molecule has 9 heteroatoms. The van der Waals surface area contributed by atoms with E-state index in [1.54, 1.807) is 48.5 Å². The molecule has 38 heavy (non-hydrogen) atoms. The minimum atomic E-state index is -1.80. The lowest BCUT2D eigenvalue weighted by molar-refractivity contribution is -0.150. The number of carbonyl (C=O) groups excluding carboxylic acids is 3. The molecule has 0 unspecified atom stereocenters. The van der Waals surface area contributed by atoms with Gasteiger partial charge in [0.05, 0.1) is 37.1 Å². The van der Waals surface area contributed by atoms with Crippen molar-refractivity contribution in [1.82, 2.24) is 0 Å². The Balaban J connectivity index is 1.78. The van der Waals surface area contributed by atoms with Gasteiger partial charge in [-0.1, -0.05) is 36.4 Å². The first-order chi connectivity index (χ1) is 18.2. The molecule has 1 saturated carbocycles. The maximum absolute atomic E-state index is 13.8. The molecule has 0 heterocycles. The molecule has 198 valence electrons. The van der Waals surface area contributed by atoms with Crippen molar-refractivity contribution in [2.75, 3.05) is 24.9 Å². The van der Waals surface area contributed by atoms with Gasteiger partial charge in [0.2, 0.25) is 11.8 Å². The number of hydrogen-bond donors (Lipinski definition) is 3. The Morgan fingerprint density at radius 1 is 0.868 bits per heavy atom. The summed E-state index contributed by atoms with van der Waals surface area (Å²) in [4.78, 5) is 40.8. The Labute approximate surface area is 219 Å². The van der Waals surface area contributed by atoms with Crippen molar-refractivity contribution in [2.24, 2.45) is 11.8 Å². The lowest BCUT2D eigenvalue weighted by Gasteiger charge is -2.44. The molecule has 1 aliphatic rings. The predicted molar refractivity (Wildman–Crippen MR) is 140 cm³/mol. The van der Waals surface area contributed by atoms with Gasteiger partial charge in [-0.25, -0.2) is 4.39 Å². The fourth-order valence-electron chi connectivity index (χ4n) is 5.09. The number of benzene rings is 3. The maximum Gasteiger partial charge on any atom is 0.235 e. The first kappa shape index (κ1) is 26.8. The van der Waals surface area contributed by atoms with Crippen LogP contribution in [0.1, 0.15) is 24.8 Å². The SMILES string of the molecule is COc1ccccc1NC(=O)[C@@H]1C(=O)C[C@](C)(O)[C@H](C(=O)Nc2ccccc2OC)[C@@H]1c1ccc(F)cc1. The molecule has 0 radical (unpaired) electrons. The lowest BCUT2D eigenvalue weighted by Crippen LogP contribution is -2.56. The van der Waals surface area contributed by atoms with E-state index in [1.807, 2.05) is 0 Å². The normalized spacial score (nSPS) is 22.9. The van der Waals surface area contributed by atoms with E-state index in [2.05, 4.69) is 10.6 Å². The summed E-state index contributed by atoms with van der Waals surface area (Å²) in [6.07, 6.45) is -0.432. The van der Waals surface area contributed by atoms with Gasteiger partial charge in [-0.05, 0) is 48.9 Å². The van der Waals surface area contributed by atoms with Crippen LogP contribution in [0.5, 0.6) is 11.5 Å². The highest BCUT2D eigenvalue weighted by Crippen LogP contribution is 2.47. The van der Waals surface area contributed by atoms with E-state index in [-0.39, 0.29) is 0 Å². The molecule has 1 aliphatic carbocycles. The molecule has 2 amide bonds. The number of Topliss-reactive ketones (excluding diaryl/α,β-unsaturated/α-hetero) is 1. The summed E-state index contributed by atoms with van der Waals surface area (Å²) in [5, 5.41) is 16.9. The van der Waals surface area contributed by atoms with E-state index < -0.39 is 53.2 Å². The van der Waals surface area contributed by atoms with E-state index in [4.69, 9.17) is 9.47 Å². The van der Waals surface area contributed by atoms with Crippen molar-refractivity contribution in [1.29, 1.82) is 0 Å². The number of para-hydroxylation sites is 4. The summed E-state index contributed by atoms with van der Waals surface area (Å²) in [7, 11) is 2.91. The van der Waals surface area contributed by atoms with Crippen LogP contribution in [-0.2, 0) is 14.4 Å². The molecule has 0 spiro atoms. The molecule has 8 nitrogen and oxygen atoms in total. The third-order valence-electron chi connectivity index (χ3n) is 6.82. The third kappa shape index (κ3) is 5.38. The summed E-state index contributed by atoms with van der Waals surface area (Å²) in [6.45, 7) is 1.39. The van der Waals surface area contributed by atoms with Crippen molar-refractivity contribution in [3.05, 3.63) is 84.2 Å². The Morgan fingerprint density at radius 2 is 1.37 bits per heavy atom. The molecule has 0 aliphatic heterocycles. The van der Waals surface area contributed by atoms with Crippen LogP contribution in [0.3, 0.4) is 0 Å². The lowest BCUT2D eigenvalue weighted by atomic mass is 9.61. The smallest absolute Gasteiger partial charge is 0.235 e. The second-order valence-corrected chi connectivity index (χ2v) is 9.41. The number of methoxy groups -OCH3 is 2. The quantitative estimate of drug-likeness (QED) is 0.403. The monoisotopic (exact) mass is 520 g/mol. The molecular formula is C29H29FN2O6. The molecule has 0 saturated heterocycles. The van der Waals surface area contributed by atoms with E-state index in [0.29, 0.717) is 28.4 Å². The van der Waals surface area contributed by atoms with Gasteiger partial charge < -0.3 is 25.2 Å². The Kier molecular flexibility index (Phi) is 7.78. The highest BCUT2D eigenvalue weighted by atomic mass is 19.1. The number of carbonyl (C=O) groups is 3. The summed E-state index contributed by atoms with van der Waals surface area (Å²) in [5.74, 6) is -5.25. The number of anilines is 2. The first-order valence-electron chi connectivity index (χ1n) is 12.0. The number of nitrogens with one attached hydrogen (secondary N) is 2. The average molecular weight is 521 g/mol. The topological polar surface area (TPSA) is 114 Å². The van der Waals surface area contributed by atoms with Crippen molar-refractivity contribution in [3.8, 4) is 11.5 Å². The van der Waals surface area contributed by atoms with Crippen molar-refractivity contribution < 1.29 is 33.4 Å². The number of aliphatic hydroxyl groups is 1. The standard InChI is InChI=1S/C29H29FN2O6/c1-29(36)16-21(33)25(27(34)31-19-8-4-6-10-22(19)37-2)24(17-12-14-18(30)15-13-17)26(29)28(35)32-20-9-5-7-11-23(20)38-3/h4-15,24-26,36H,16H2,1-3H3,(H,31,34)(H,32,35)/t24-,25-,26+,29+/m1/s1. The molecular weight excluding hydrogens is 491 g/mol. The first-order valence-corrected chi connectivity index (χ1v) is 12.0. The van der Waals surface area contributed by atoms with Crippen molar-refractivity contribution >= 4 is 29.0 Å². The van der Waals surface area contributed by atoms with Crippen LogP contribution in [0.4, 0.5) is 15.8 Å². The molecule has 1 fully saturated rings. The molecule has 4 rings (SSSR count). The van der Waals surface area contributed by atoms with E-state index in [0.717, 1.165) is 0 Å². The van der Waals surface area contributed by atoms with Crippen LogP contribution in [0.15, 0.2) is 72.8 Å². The van der Waals surface area contributed by atoms with Crippen LogP contribution in [0.25, 0.3) is 0 Å². The molecule has 3 aromatic rings. The van der Waals surface area contributed by atoms with Crippen LogP contribution in [0, 0.1) is 17.7 Å². The second-order valence-electron chi connectivity index (χ2n) is 9.41. The van der Waals surface area contributed by atoms with Gasteiger partial charge in [-0.15, -0.1) is 0 Å². The molecule has 3 aromatic carbocycles. The van der Waals surface area contributed by atoms with Crippen LogP contribution < -0.4 is 20.1 Å². The Morgan fingerprint density at radius 3 is 1.89 bits per heavy atom. The number of rotatable bonds is 7. The third-order valence-corrected chi connectivity index (χ3v) is 6.82. The zero-order valence-corrected chi connectivity index (χ0v) is 21.2. The molecule has 0 aromatic heterocycles. The highest BCUT2D eigenvalue weighted by Gasteiger charge is 2.56. The number of ether oxygens (including phenoxy) is 2. The average Bonchev–Trinajstić information content (AvgIpc) is 2.88. The summed E-state index contributed by atoms with van der Waals surface area (Å²) >= 11 is 0. The highest BCUT2D eigenvalue weighted by molar-refractivity contribution is 6.11. The van der Waals surface area contributed by atoms with Crippen LogP contribution >= 0.6 is 0 Å². The van der Waals surface area contributed by atoms with Gasteiger partial charge in [0, 0.05) is 12.3 Å². The number of ketones is 1. The second kappa shape index (κ2) is 11.0. The zero-order valence-electron chi connectivity index (χ0n) is 21.2. The zero-order chi connectivity index (χ0) is 27.4. The summed E-state index contributed by atoms with van der Waals surface area (Å²) in [6, 6.07) is 18.7. The fourth-order valence-corrected chi connectivity index (χ4v) is 5.09. The van der Waals surface area contributed by atoms with Crippen molar-refractivity contribution in [3.63, 3.8) is 0 Å². The van der Waals surface area contributed by atoms with E-state index in [1.165, 1.54) is 45.4 Å². The molecule has 4 atom stereocenters. The minimum Gasteiger partial charge on any atom is -0.495 e. The van der Waals surface area contributed by atoms with E-state index in [9.17, 15) is 23.9 Å². The fraction of sp³-hybridized carbons (Fsp3) is 0.276. The summed E-state index contributed by atoms with van der Waals surface area (Å²) in [5.41, 5.74) is -0.734. The van der Waals surface area contributed by atoms with Gasteiger partial charge in [0.25, 0.3) is 0 Å². The Bertz CT molecular complexity index is 1340. The van der Waals surface area contributed by atoms with Gasteiger partial charge >= 0.3 is 0 Å². The van der Waals surface area contributed by atoms with E-state index >= 15 is 0 Å². The maximum atomic E-state index is 13.8. The number of halogens is 1. The van der Waals surface area contributed by atoms with Crippen LogP contribution in [-0.4, -0.2) is 42.5 Å². The van der Waals surface area contributed by atoms with Gasteiger partial charge in [-0.3, -0.25) is 14.4 Å². The number of hydrogen-bond acceptors (Lipinski definition) is 6.